The Kier molecular flexibility index (Phi) is 8.57. The van der Waals surface area contributed by atoms with Gasteiger partial charge in [0.2, 0.25) is 0 Å². The van der Waals surface area contributed by atoms with Gasteiger partial charge in [-0.15, -0.1) is 0 Å². The predicted octanol–water partition coefficient (Wildman–Crippen LogP) is 3.89. The van der Waals surface area contributed by atoms with Crippen LogP contribution in [0.25, 0.3) is 0 Å². The van der Waals surface area contributed by atoms with Gasteiger partial charge in [-0.1, -0.05) is 17.7 Å². The number of anilines is 1. The van der Waals surface area contributed by atoms with Gasteiger partial charge in [-0.2, -0.15) is 0 Å². The van der Waals surface area contributed by atoms with E-state index in [1.54, 1.807) is 49.6 Å². The van der Waals surface area contributed by atoms with Crippen molar-refractivity contribution in [3.63, 3.8) is 0 Å². The first-order valence-electron chi connectivity index (χ1n) is 8.24. The van der Waals surface area contributed by atoms with Crippen LogP contribution in [0.2, 0.25) is 5.02 Å². The maximum absolute atomic E-state index is 12.1. The standard InChI is InChI=1S/C19H20BrClN2O4/c1-26-9-3-8-22-19(25)13-4-2-5-15(10-13)23-18(24)12-27-17-7-6-14(21)11-16(17)20/h2,4-7,10-11H,3,8-9,12H2,1H3,(H,22,25)(H,23,24). The van der Waals surface area contributed by atoms with Gasteiger partial charge >= 0.3 is 0 Å². The summed E-state index contributed by atoms with van der Waals surface area (Å²) in [7, 11) is 1.61. The summed E-state index contributed by atoms with van der Waals surface area (Å²) in [5, 5.41) is 6.07. The molecule has 0 unspecified atom stereocenters. The van der Waals surface area contributed by atoms with Crippen LogP contribution in [0, 0.1) is 0 Å². The van der Waals surface area contributed by atoms with Crippen molar-refractivity contribution >= 4 is 45.0 Å². The van der Waals surface area contributed by atoms with E-state index < -0.39 is 0 Å². The van der Waals surface area contributed by atoms with Crippen molar-refractivity contribution in [1.29, 1.82) is 0 Å². The number of benzene rings is 2. The van der Waals surface area contributed by atoms with Crippen molar-refractivity contribution in [1.82, 2.24) is 5.32 Å². The molecule has 2 amide bonds. The Hall–Kier alpha value is -2.09. The van der Waals surface area contributed by atoms with Crippen LogP contribution in [-0.4, -0.2) is 38.7 Å². The van der Waals surface area contributed by atoms with Gasteiger partial charge in [-0.25, -0.2) is 0 Å². The minimum Gasteiger partial charge on any atom is -0.483 e. The number of carbonyl (C=O) groups excluding carboxylic acids is 2. The number of rotatable bonds is 9. The van der Waals surface area contributed by atoms with Crippen LogP contribution in [-0.2, 0) is 9.53 Å². The molecule has 0 aromatic heterocycles. The lowest BCUT2D eigenvalue weighted by Gasteiger charge is -2.10. The van der Waals surface area contributed by atoms with E-state index in [-0.39, 0.29) is 18.4 Å². The number of hydrogen-bond donors (Lipinski definition) is 2. The zero-order chi connectivity index (χ0) is 19.6. The Morgan fingerprint density at radius 2 is 2.00 bits per heavy atom. The second-order valence-electron chi connectivity index (χ2n) is 5.59. The molecule has 2 aromatic carbocycles. The van der Waals surface area contributed by atoms with Gasteiger partial charge in [0.1, 0.15) is 5.75 Å². The molecular formula is C19H20BrClN2O4. The Morgan fingerprint density at radius 3 is 2.74 bits per heavy atom. The highest BCUT2D eigenvalue weighted by atomic mass is 79.9. The van der Waals surface area contributed by atoms with Crippen LogP contribution in [0.4, 0.5) is 5.69 Å². The average molecular weight is 456 g/mol. The highest BCUT2D eigenvalue weighted by Gasteiger charge is 2.09. The second-order valence-corrected chi connectivity index (χ2v) is 6.89. The number of nitrogens with one attached hydrogen (secondary N) is 2. The normalized spacial score (nSPS) is 10.3. The fraction of sp³-hybridized carbons (Fsp3) is 0.263. The molecule has 6 nitrogen and oxygen atoms in total. The molecule has 0 heterocycles. The molecule has 0 fully saturated rings. The van der Waals surface area contributed by atoms with Crippen molar-refractivity contribution in [3.05, 3.63) is 57.5 Å². The topological polar surface area (TPSA) is 76.7 Å². The fourth-order valence-corrected chi connectivity index (χ4v) is 2.99. The van der Waals surface area contributed by atoms with Crippen LogP contribution >= 0.6 is 27.5 Å². The third-order valence-corrected chi connectivity index (χ3v) is 4.33. The molecule has 0 radical (unpaired) electrons. The SMILES string of the molecule is COCCCNC(=O)c1cccc(NC(=O)COc2ccc(Cl)cc2Br)c1. The Bertz CT molecular complexity index is 801. The highest BCUT2D eigenvalue weighted by Crippen LogP contribution is 2.27. The molecule has 8 heteroatoms. The van der Waals surface area contributed by atoms with E-state index in [2.05, 4.69) is 26.6 Å². The molecular weight excluding hydrogens is 436 g/mol. The molecule has 0 aliphatic carbocycles. The summed E-state index contributed by atoms with van der Waals surface area (Å²) in [5.74, 6) is -0.0308. The minimum absolute atomic E-state index is 0.173. The molecule has 0 aliphatic heterocycles. The van der Waals surface area contributed by atoms with Crippen LogP contribution in [0.3, 0.4) is 0 Å². The van der Waals surface area contributed by atoms with Gasteiger partial charge in [0.15, 0.2) is 6.61 Å². The monoisotopic (exact) mass is 454 g/mol. The van der Waals surface area contributed by atoms with Crippen LogP contribution in [0.15, 0.2) is 46.9 Å². The smallest absolute Gasteiger partial charge is 0.262 e. The number of halogens is 2. The summed E-state index contributed by atoms with van der Waals surface area (Å²) in [6.07, 6.45) is 0.732. The molecule has 2 rings (SSSR count). The lowest BCUT2D eigenvalue weighted by Crippen LogP contribution is -2.25. The number of carbonyl (C=O) groups is 2. The third-order valence-electron chi connectivity index (χ3n) is 3.47. The number of amides is 2. The minimum atomic E-state index is -0.338. The summed E-state index contributed by atoms with van der Waals surface area (Å²) >= 11 is 9.20. The van der Waals surface area contributed by atoms with Crippen molar-refractivity contribution in [3.8, 4) is 5.75 Å². The van der Waals surface area contributed by atoms with Gasteiger partial charge in [-0.05, 0) is 58.7 Å². The maximum Gasteiger partial charge on any atom is 0.262 e. The van der Waals surface area contributed by atoms with E-state index in [1.807, 2.05) is 0 Å². The van der Waals surface area contributed by atoms with Crippen LogP contribution in [0.5, 0.6) is 5.75 Å². The molecule has 27 heavy (non-hydrogen) atoms. The zero-order valence-corrected chi connectivity index (χ0v) is 17.1. The largest absolute Gasteiger partial charge is 0.483 e. The van der Waals surface area contributed by atoms with Gasteiger partial charge in [0.05, 0.1) is 4.47 Å². The summed E-state index contributed by atoms with van der Waals surface area (Å²) in [6, 6.07) is 11.7. The Morgan fingerprint density at radius 1 is 1.19 bits per heavy atom. The molecule has 0 atom stereocenters. The molecule has 144 valence electrons. The van der Waals surface area contributed by atoms with E-state index >= 15 is 0 Å². The van der Waals surface area contributed by atoms with Crippen molar-refractivity contribution in [2.24, 2.45) is 0 Å². The molecule has 0 saturated carbocycles. The van der Waals surface area contributed by atoms with Crippen LogP contribution in [0.1, 0.15) is 16.8 Å². The van der Waals surface area contributed by atoms with E-state index in [4.69, 9.17) is 21.1 Å². The van der Waals surface area contributed by atoms with Gasteiger partial charge in [-0.3, -0.25) is 9.59 Å². The summed E-state index contributed by atoms with van der Waals surface area (Å²) in [6.45, 7) is 0.931. The third kappa shape index (κ3) is 7.21. The van der Waals surface area contributed by atoms with Crippen molar-refractivity contribution in [2.45, 2.75) is 6.42 Å². The quantitative estimate of drug-likeness (QED) is 0.563. The van der Waals surface area contributed by atoms with Crippen molar-refractivity contribution in [2.75, 3.05) is 32.2 Å². The number of methoxy groups -OCH3 is 1. The number of hydrogen-bond acceptors (Lipinski definition) is 4. The van der Waals surface area contributed by atoms with Crippen LogP contribution < -0.4 is 15.4 Å². The lowest BCUT2D eigenvalue weighted by molar-refractivity contribution is -0.118. The average Bonchev–Trinajstić information content (AvgIpc) is 2.64. The van der Waals surface area contributed by atoms with Gasteiger partial charge in [0, 0.05) is 36.5 Å². The maximum atomic E-state index is 12.1. The summed E-state index contributed by atoms with van der Waals surface area (Å²) in [4.78, 5) is 24.2. The van der Waals surface area contributed by atoms with E-state index in [9.17, 15) is 9.59 Å². The van der Waals surface area contributed by atoms with E-state index in [1.165, 1.54) is 0 Å². The van der Waals surface area contributed by atoms with Crippen molar-refractivity contribution < 1.29 is 19.1 Å². The first-order valence-corrected chi connectivity index (χ1v) is 9.41. The molecule has 2 aromatic rings. The molecule has 0 saturated heterocycles. The van der Waals surface area contributed by atoms with E-state index in [0.717, 1.165) is 6.42 Å². The summed E-state index contributed by atoms with van der Waals surface area (Å²) < 4.78 is 11.1. The fourth-order valence-electron chi connectivity index (χ4n) is 2.19. The van der Waals surface area contributed by atoms with Gasteiger partial charge in [0.25, 0.3) is 11.8 Å². The number of ether oxygens (including phenoxy) is 2. The highest BCUT2D eigenvalue weighted by molar-refractivity contribution is 9.10. The molecule has 0 spiro atoms. The molecule has 0 aliphatic rings. The first-order chi connectivity index (χ1) is 13.0. The lowest BCUT2D eigenvalue weighted by atomic mass is 10.2. The second kappa shape index (κ2) is 10.9. The molecule has 0 bridgehead atoms. The summed E-state index contributed by atoms with van der Waals surface area (Å²) in [5.41, 5.74) is 0.981. The zero-order valence-electron chi connectivity index (χ0n) is 14.8. The van der Waals surface area contributed by atoms with Gasteiger partial charge < -0.3 is 20.1 Å². The predicted molar refractivity (Wildman–Crippen MR) is 109 cm³/mol. The Balaban J connectivity index is 1.87. The molecule has 2 N–H and O–H groups in total. The Labute approximate surface area is 171 Å². The first kappa shape index (κ1) is 21.2. The van der Waals surface area contributed by atoms with E-state index in [0.29, 0.717) is 39.6 Å².